The van der Waals surface area contributed by atoms with Gasteiger partial charge in [-0.1, -0.05) is 18.2 Å². The fourth-order valence-corrected chi connectivity index (χ4v) is 3.67. The van der Waals surface area contributed by atoms with Gasteiger partial charge in [0.25, 0.3) is 5.91 Å². The average Bonchev–Trinajstić information content (AvgIpc) is 3.27. The van der Waals surface area contributed by atoms with Gasteiger partial charge < -0.3 is 29.6 Å². The van der Waals surface area contributed by atoms with Crippen LogP contribution in [0, 0.1) is 0 Å². The van der Waals surface area contributed by atoms with Crippen LogP contribution < -0.4 is 25.9 Å². The van der Waals surface area contributed by atoms with Crippen molar-refractivity contribution in [2.75, 3.05) is 25.6 Å². The number of methoxy groups -OCH3 is 1. The van der Waals surface area contributed by atoms with E-state index in [0.717, 1.165) is 4.68 Å². The maximum absolute atomic E-state index is 12.3. The predicted octanol–water partition coefficient (Wildman–Crippen LogP) is 1.66. The molecule has 1 aromatic carbocycles. The van der Waals surface area contributed by atoms with E-state index in [1.807, 2.05) is 18.2 Å². The highest BCUT2D eigenvalue weighted by Crippen LogP contribution is 2.32. The van der Waals surface area contributed by atoms with E-state index < -0.39 is 5.76 Å². The highest BCUT2D eigenvalue weighted by Gasteiger charge is 2.19. The lowest BCUT2D eigenvalue weighted by atomic mass is 10.1. The molecule has 0 aliphatic carbocycles. The largest absolute Gasteiger partial charge is 0.507 e. The van der Waals surface area contributed by atoms with Crippen molar-refractivity contribution in [3.8, 4) is 34.5 Å². The molecule has 0 atom stereocenters. The number of hydrogen-bond acceptors (Lipinski definition) is 10. The molecule has 36 heavy (non-hydrogen) atoms. The number of rotatable bonds is 8. The molecule has 12 nitrogen and oxygen atoms in total. The lowest BCUT2D eigenvalue weighted by Gasteiger charge is -2.16. The molecule has 1 aliphatic rings. The quantitative estimate of drug-likeness (QED) is 0.311. The Labute approximate surface area is 204 Å². The summed E-state index contributed by atoms with van der Waals surface area (Å²) in [4.78, 5) is 32.4. The Morgan fingerprint density at radius 2 is 2.00 bits per heavy atom. The van der Waals surface area contributed by atoms with Crippen LogP contribution in [0.15, 0.2) is 57.7 Å². The molecular weight excluding hydrogens is 468 g/mol. The molecule has 0 saturated heterocycles. The molecule has 0 saturated carbocycles. The number of fused-ring (bicyclic) bond motifs is 1. The van der Waals surface area contributed by atoms with E-state index in [1.54, 1.807) is 30.3 Å². The number of para-hydroxylation sites is 1. The van der Waals surface area contributed by atoms with Gasteiger partial charge in [0.1, 0.15) is 5.75 Å². The minimum Gasteiger partial charge on any atom is -0.507 e. The number of hydrogen-bond donors (Lipinski definition) is 3. The summed E-state index contributed by atoms with van der Waals surface area (Å²) in [6.45, 7) is 0.720. The van der Waals surface area contributed by atoms with Gasteiger partial charge in [-0.15, -0.1) is 9.78 Å². The van der Waals surface area contributed by atoms with Crippen molar-refractivity contribution >= 4 is 11.7 Å². The van der Waals surface area contributed by atoms with Crippen molar-refractivity contribution in [1.29, 1.82) is 0 Å². The molecule has 0 fully saturated rings. The molecule has 4 heterocycles. The van der Waals surface area contributed by atoms with Gasteiger partial charge in [0.2, 0.25) is 11.8 Å². The summed E-state index contributed by atoms with van der Waals surface area (Å²) in [6, 6.07) is 13.9. The Morgan fingerprint density at radius 3 is 2.86 bits per heavy atom. The number of carbonyl (C=O) groups excluding carboxylic acids is 1. The molecule has 12 heteroatoms. The first-order valence-electron chi connectivity index (χ1n) is 11.1. The summed E-state index contributed by atoms with van der Waals surface area (Å²) in [5, 5.41) is 20.7. The maximum atomic E-state index is 12.3. The Balaban J connectivity index is 1.22. The first kappa shape index (κ1) is 23.1. The highest BCUT2D eigenvalue weighted by atomic mass is 16.5. The van der Waals surface area contributed by atoms with E-state index in [0.29, 0.717) is 48.0 Å². The summed E-state index contributed by atoms with van der Waals surface area (Å²) in [5.41, 5.74) is 1.88. The van der Waals surface area contributed by atoms with Gasteiger partial charge in [0, 0.05) is 36.7 Å². The van der Waals surface area contributed by atoms with Crippen molar-refractivity contribution in [1.82, 2.24) is 25.1 Å². The lowest BCUT2D eigenvalue weighted by molar-refractivity contribution is -0.118. The molecular formula is C24H22N6O6. The number of nitrogens with one attached hydrogen (secondary N) is 2. The van der Waals surface area contributed by atoms with Gasteiger partial charge in [-0.2, -0.15) is 0 Å². The van der Waals surface area contributed by atoms with E-state index in [1.165, 1.54) is 7.11 Å². The van der Waals surface area contributed by atoms with Gasteiger partial charge in [0.05, 0.1) is 12.8 Å². The standard InChI is InChI=1S/C24H22N6O6/c1-34-20-7-3-6-16(26-20)15-5-2-4-14(22(15)32)12-25-11-10-21-29-30(24(33)36-21)18-9-8-17-23(27-18)28-19(31)13-35-17/h2-9,25,32H,10-13H2,1H3,(H,27,28,31). The third-order valence-corrected chi connectivity index (χ3v) is 5.43. The number of carbonyl (C=O) groups is 1. The van der Waals surface area contributed by atoms with Crippen LogP contribution in [-0.2, 0) is 17.8 Å². The number of amides is 1. The summed E-state index contributed by atoms with van der Waals surface area (Å²) in [5.74, 6) is 0.587. The smallest absolute Gasteiger partial charge is 0.443 e. The molecule has 3 N–H and O–H groups in total. The van der Waals surface area contributed by atoms with Crippen LogP contribution >= 0.6 is 0 Å². The molecule has 0 bridgehead atoms. The number of pyridine rings is 2. The van der Waals surface area contributed by atoms with Gasteiger partial charge in [-0.05, 0) is 24.3 Å². The lowest BCUT2D eigenvalue weighted by Crippen LogP contribution is -2.27. The molecule has 3 aromatic heterocycles. The van der Waals surface area contributed by atoms with Crippen molar-refractivity contribution in [3.63, 3.8) is 0 Å². The maximum Gasteiger partial charge on any atom is 0.443 e. The first-order valence-corrected chi connectivity index (χ1v) is 11.1. The molecule has 1 amide bonds. The fraction of sp³-hybridized carbons (Fsp3) is 0.208. The minimum absolute atomic E-state index is 0.0882. The van der Waals surface area contributed by atoms with E-state index in [-0.39, 0.29) is 35.8 Å². The number of aromatic nitrogens is 4. The number of ether oxygens (including phenoxy) is 2. The van der Waals surface area contributed by atoms with Crippen LogP contribution in [0.2, 0.25) is 0 Å². The van der Waals surface area contributed by atoms with Crippen molar-refractivity contribution in [3.05, 3.63) is 70.5 Å². The minimum atomic E-state index is -0.698. The second kappa shape index (κ2) is 9.88. The zero-order chi connectivity index (χ0) is 25.1. The van der Waals surface area contributed by atoms with Crippen LogP contribution in [-0.4, -0.2) is 51.0 Å². The van der Waals surface area contributed by atoms with Crippen molar-refractivity contribution in [2.24, 2.45) is 0 Å². The molecule has 4 aromatic rings. The first-order chi connectivity index (χ1) is 17.5. The molecule has 184 valence electrons. The second-order valence-electron chi connectivity index (χ2n) is 7.83. The predicted molar refractivity (Wildman–Crippen MR) is 127 cm³/mol. The number of nitrogens with zero attached hydrogens (tertiary/aromatic N) is 4. The van der Waals surface area contributed by atoms with Gasteiger partial charge in [-0.25, -0.2) is 14.8 Å². The van der Waals surface area contributed by atoms with E-state index in [9.17, 15) is 14.7 Å². The van der Waals surface area contributed by atoms with Crippen LogP contribution in [0.4, 0.5) is 5.82 Å². The van der Waals surface area contributed by atoms with Crippen LogP contribution in [0.3, 0.4) is 0 Å². The molecule has 0 spiro atoms. The zero-order valence-corrected chi connectivity index (χ0v) is 19.2. The van der Waals surface area contributed by atoms with Gasteiger partial charge in [0.15, 0.2) is 24.0 Å². The summed E-state index contributed by atoms with van der Waals surface area (Å²) in [7, 11) is 1.54. The fourth-order valence-electron chi connectivity index (χ4n) is 3.67. The van der Waals surface area contributed by atoms with Crippen molar-refractivity contribution in [2.45, 2.75) is 13.0 Å². The summed E-state index contributed by atoms with van der Waals surface area (Å²) < 4.78 is 16.7. The van der Waals surface area contributed by atoms with Crippen molar-refractivity contribution < 1.29 is 23.8 Å². The third-order valence-electron chi connectivity index (χ3n) is 5.43. The number of phenols is 1. The number of anilines is 1. The number of benzene rings is 1. The molecule has 0 radical (unpaired) electrons. The monoisotopic (exact) mass is 490 g/mol. The normalized spacial score (nSPS) is 12.5. The van der Waals surface area contributed by atoms with E-state index >= 15 is 0 Å². The van der Waals surface area contributed by atoms with E-state index in [2.05, 4.69) is 25.7 Å². The van der Waals surface area contributed by atoms with Gasteiger partial charge >= 0.3 is 5.76 Å². The van der Waals surface area contributed by atoms with Crippen LogP contribution in [0.25, 0.3) is 17.1 Å². The number of aromatic hydroxyl groups is 1. The van der Waals surface area contributed by atoms with Crippen LogP contribution in [0.1, 0.15) is 11.5 Å². The van der Waals surface area contributed by atoms with Crippen LogP contribution in [0.5, 0.6) is 17.4 Å². The molecule has 1 aliphatic heterocycles. The highest BCUT2D eigenvalue weighted by molar-refractivity contribution is 5.94. The van der Waals surface area contributed by atoms with E-state index in [4.69, 9.17) is 13.9 Å². The third kappa shape index (κ3) is 4.74. The Morgan fingerprint density at radius 1 is 1.14 bits per heavy atom. The Hall–Kier alpha value is -4.71. The molecule has 0 unspecified atom stereocenters. The number of phenolic OH excluding ortho intramolecular Hbond substituents is 1. The zero-order valence-electron chi connectivity index (χ0n) is 19.2. The molecule has 5 rings (SSSR count). The SMILES string of the molecule is COc1cccc(-c2cccc(CNCCc3nn(-c4ccc5c(n4)NC(=O)CO5)c(=O)o3)c2O)n1. The topological polar surface area (TPSA) is 154 Å². The van der Waals surface area contributed by atoms with Gasteiger partial charge in [-0.3, -0.25) is 4.79 Å². The Kier molecular flexibility index (Phi) is 6.33. The second-order valence-corrected chi connectivity index (χ2v) is 7.83. The summed E-state index contributed by atoms with van der Waals surface area (Å²) in [6.07, 6.45) is 0.324. The Bertz CT molecular complexity index is 1480. The average molecular weight is 490 g/mol. The summed E-state index contributed by atoms with van der Waals surface area (Å²) >= 11 is 0.